The van der Waals surface area contributed by atoms with Gasteiger partial charge in [0.15, 0.2) is 0 Å². The van der Waals surface area contributed by atoms with Crippen molar-refractivity contribution in [3.05, 3.63) is 160 Å². The Balaban J connectivity index is 1.13. The predicted molar refractivity (Wildman–Crippen MR) is 225 cm³/mol. The fraction of sp³-hybridized carbons (Fsp3) is 0.0638. The van der Waals surface area contributed by atoms with E-state index < -0.39 is 5.97 Å². The molecular formula is C47H31N3O5S2. The molecule has 0 saturated heterocycles. The highest BCUT2D eigenvalue weighted by Crippen LogP contribution is 2.50. The molecule has 0 radical (unpaired) electrons. The van der Waals surface area contributed by atoms with Crippen LogP contribution in [-0.4, -0.2) is 17.5 Å². The molecule has 0 amide bonds. The largest absolute Gasteiger partial charge is 0.477 e. The van der Waals surface area contributed by atoms with Gasteiger partial charge in [0.05, 0.1) is 4.88 Å². The summed E-state index contributed by atoms with van der Waals surface area (Å²) in [6.45, 7) is 4.79. The second-order valence-electron chi connectivity index (χ2n) is 13.7. The molecule has 1 aliphatic rings. The zero-order chi connectivity index (χ0) is 39.7. The van der Waals surface area contributed by atoms with E-state index in [2.05, 4.69) is 97.6 Å². The van der Waals surface area contributed by atoms with Crippen LogP contribution >= 0.6 is 22.7 Å². The van der Waals surface area contributed by atoms with Gasteiger partial charge in [0.25, 0.3) is 6.47 Å². The molecule has 0 atom stereocenters. The molecule has 1 N–H and O–H groups in total. The number of carbonyl (C=O) groups is 2. The lowest BCUT2D eigenvalue weighted by atomic mass is 9.82. The van der Waals surface area contributed by atoms with Gasteiger partial charge in [-0.2, -0.15) is 10.5 Å². The maximum atomic E-state index is 11.3. The highest BCUT2D eigenvalue weighted by atomic mass is 32.1. The van der Waals surface area contributed by atoms with Crippen molar-refractivity contribution in [3.63, 3.8) is 0 Å². The molecule has 10 heteroatoms. The maximum absolute atomic E-state index is 11.3. The lowest BCUT2D eigenvalue weighted by Gasteiger charge is -2.28. The fourth-order valence-electron chi connectivity index (χ4n) is 7.16. The summed E-state index contributed by atoms with van der Waals surface area (Å²) in [7, 11) is 0. The molecular weight excluding hydrogens is 751 g/mol. The molecule has 0 aliphatic heterocycles. The van der Waals surface area contributed by atoms with Crippen molar-refractivity contribution in [2.75, 3.05) is 4.90 Å². The van der Waals surface area contributed by atoms with Crippen LogP contribution in [0.5, 0.6) is 0 Å². The number of hydrogen-bond donors (Lipinski definition) is 1. The number of anilines is 3. The van der Waals surface area contributed by atoms with Gasteiger partial charge in [-0.3, -0.25) is 4.79 Å². The molecule has 0 saturated carbocycles. The van der Waals surface area contributed by atoms with Crippen LogP contribution in [0.15, 0.2) is 143 Å². The number of ether oxygens (including phenoxy) is 1. The molecule has 57 heavy (non-hydrogen) atoms. The number of allylic oxidation sites excluding steroid dienone is 1. The third kappa shape index (κ3) is 7.07. The van der Waals surface area contributed by atoms with E-state index in [4.69, 9.17) is 14.4 Å². The van der Waals surface area contributed by atoms with Gasteiger partial charge in [-0.25, -0.2) is 4.79 Å². The number of fused-ring (bicyclic) bond motifs is 3. The van der Waals surface area contributed by atoms with Crippen molar-refractivity contribution >= 4 is 64.3 Å². The smallest absolute Gasteiger partial charge is 0.346 e. The van der Waals surface area contributed by atoms with E-state index in [0.29, 0.717) is 16.4 Å². The third-order valence-corrected chi connectivity index (χ3v) is 12.1. The second kappa shape index (κ2) is 15.1. The molecule has 0 unspecified atom stereocenters. The molecule has 4 aromatic carbocycles. The first-order chi connectivity index (χ1) is 27.7. The Morgan fingerprint density at radius 3 is 2.00 bits per heavy atom. The van der Waals surface area contributed by atoms with E-state index in [1.54, 1.807) is 18.2 Å². The lowest BCUT2D eigenvalue weighted by molar-refractivity contribution is -0.132. The zero-order valence-electron chi connectivity index (χ0n) is 30.6. The number of nitrogens with zero attached hydrogens (tertiary/aromatic N) is 3. The maximum Gasteiger partial charge on any atom is 0.346 e. The van der Waals surface area contributed by atoms with Gasteiger partial charge in [0.1, 0.15) is 29.2 Å². The topological polar surface area (TPSA) is 128 Å². The van der Waals surface area contributed by atoms with Gasteiger partial charge in [0.2, 0.25) is 5.76 Å². The number of thiophene rings is 2. The van der Waals surface area contributed by atoms with Crippen molar-refractivity contribution < 1.29 is 23.8 Å². The van der Waals surface area contributed by atoms with E-state index >= 15 is 0 Å². The van der Waals surface area contributed by atoms with E-state index in [-0.39, 0.29) is 23.2 Å². The minimum Gasteiger partial charge on any atom is -0.477 e. The number of furan rings is 1. The molecule has 8 rings (SSSR count). The summed E-state index contributed by atoms with van der Waals surface area (Å²) in [6.07, 6.45) is 2.91. The number of hydrogen-bond acceptors (Lipinski definition) is 9. The van der Waals surface area contributed by atoms with Crippen LogP contribution in [0, 0.1) is 22.7 Å². The van der Waals surface area contributed by atoms with E-state index in [9.17, 15) is 20.0 Å². The monoisotopic (exact) mass is 781 g/mol. The highest BCUT2D eigenvalue weighted by Gasteiger charge is 2.35. The highest BCUT2D eigenvalue weighted by molar-refractivity contribution is 7.16. The van der Waals surface area contributed by atoms with Gasteiger partial charge >= 0.3 is 5.97 Å². The van der Waals surface area contributed by atoms with Gasteiger partial charge in [-0.1, -0.05) is 56.3 Å². The third-order valence-electron chi connectivity index (χ3n) is 9.94. The van der Waals surface area contributed by atoms with Crippen LogP contribution < -0.4 is 4.90 Å². The molecule has 0 spiro atoms. The first-order valence-corrected chi connectivity index (χ1v) is 19.4. The van der Waals surface area contributed by atoms with Crippen molar-refractivity contribution in [3.8, 4) is 55.7 Å². The summed E-state index contributed by atoms with van der Waals surface area (Å²) in [5.74, 6) is -0.00454. The van der Waals surface area contributed by atoms with Crippen molar-refractivity contribution in [2.24, 2.45) is 0 Å². The van der Waals surface area contributed by atoms with Gasteiger partial charge < -0.3 is 19.2 Å². The molecule has 1 aliphatic carbocycles. The Labute approximate surface area is 336 Å². The quantitative estimate of drug-likeness (QED) is 0.0594. The van der Waals surface area contributed by atoms with E-state index in [1.807, 2.05) is 48.5 Å². The van der Waals surface area contributed by atoms with Crippen LogP contribution in [0.1, 0.15) is 34.7 Å². The molecule has 3 aromatic heterocycles. The fourth-order valence-corrected chi connectivity index (χ4v) is 9.02. The Kier molecular flexibility index (Phi) is 9.74. The number of carboxylic acid groups (broad SMARTS) is 1. The Hall–Kier alpha value is -7.24. The first kappa shape index (κ1) is 36.7. The molecule has 0 fully saturated rings. The minimum atomic E-state index is -1.26. The molecule has 8 nitrogen and oxygen atoms in total. The van der Waals surface area contributed by atoms with Gasteiger partial charge in [-0.05, 0) is 119 Å². The number of carboxylic acids is 1. The minimum absolute atomic E-state index is 0.0665. The Morgan fingerprint density at radius 2 is 1.32 bits per heavy atom. The van der Waals surface area contributed by atoms with Crippen LogP contribution in [-0.2, 0) is 19.7 Å². The summed E-state index contributed by atoms with van der Waals surface area (Å²) in [5, 5.41) is 27.6. The number of aliphatic carboxylic acids is 1. The predicted octanol–water partition coefficient (Wildman–Crippen LogP) is 12.2. The Bertz CT molecular complexity index is 2820. The van der Waals surface area contributed by atoms with Crippen LogP contribution in [0.25, 0.3) is 55.7 Å². The normalized spacial score (nSPS) is 12.9. The average Bonchev–Trinajstić information content (AvgIpc) is 4.05. The number of nitriles is 2. The summed E-state index contributed by atoms with van der Waals surface area (Å²) >= 11 is 2.84. The number of rotatable bonds is 11. The van der Waals surface area contributed by atoms with E-state index in [0.717, 1.165) is 42.8 Å². The second-order valence-corrected chi connectivity index (χ2v) is 15.9. The molecule has 7 aromatic rings. The Morgan fingerprint density at radius 1 is 0.702 bits per heavy atom. The van der Waals surface area contributed by atoms with Crippen LogP contribution in [0.2, 0.25) is 0 Å². The number of carbonyl (C=O) groups excluding carboxylic acids is 1. The van der Waals surface area contributed by atoms with Crippen LogP contribution in [0.3, 0.4) is 0 Å². The lowest BCUT2D eigenvalue weighted by Crippen LogP contribution is -2.16. The molecule has 276 valence electrons. The summed E-state index contributed by atoms with van der Waals surface area (Å²) in [5.41, 5.74) is 9.39. The van der Waals surface area contributed by atoms with Gasteiger partial charge in [0, 0.05) is 48.7 Å². The standard InChI is InChI=1S/C47H31N3O5S2/c1-47(2)40-6-4-3-5-38(40)39-18-15-34(24-41(39)47)50(33-13-9-30(10-14-33)44-21-16-37(56-44)25-35(27-49)54-28-51)32-11-7-29(8-12-32)42-19-20-43(55-42)45-22-17-36(57-45)23-31(26-48)46(52)53/h3-25,28H,1-2H3,(H,52,53)/b31-23+,35-25+. The average molecular weight is 782 g/mol. The molecule has 3 heterocycles. The molecule has 0 bridgehead atoms. The van der Waals surface area contributed by atoms with Crippen molar-refractivity contribution in [1.82, 2.24) is 0 Å². The van der Waals surface area contributed by atoms with E-state index in [1.165, 1.54) is 51.0 Å². The van der Waals surface area contributed by atoms with Crippen molar-refractivity contribution in [1.29, 1.82) is 10.5 Å². The van der Waals surface area contributed by atoms with Crippen molar-refractivity contribution in [2.45, 2.75) is 19.3 Å². The zero-order valence-corrected chi connectivity index (χ0v) is 32.2. The summed E-state index contributed by atoms with van der Waals surface area (Å²) in [6, 6.07) is 46.8. The first-order valence-electron chi connectivity index (χ1n) is 17.8. The summed E-state index contributed by atoms with van der Waals surface area (Å²) in [4.78, 5) is 27.6. The SMILES string of the molecule is CC1(C)c2ccccc2-c2ccc(N(c3ccc(-c4ccc(-c5ccc(/C=C(\C#N)C(=O)O)s5)o4)cc3)c3ccc(-c4ccc(/C=C(\C#N)OC=O)s4)cc3)cc21. The number of benzene rings is 4. The summed E-state index contributed by atoms with van der Waals surface area (Å²) < 4.78 is 11.0. The van der Waals surface area contributed by atoms with Gasteiger partial charge in [-0.15, -0.1) is 22.7 Å². The van der Waals surface area contributed by atoms with Crippen LogP contribution in [0.4, 0.5) is 17.1 Å².